The van der Waals surface area contributed by atoms with Gasteiger partial charge in [-0.15, -0.1) is 11.8 Å². The molecule has 7 nitrogen and oxygen atoms in total. The van der Waals surface area contributed by atoms with Crippen LogP contribution in [0, 0.1) is 5.92 Å². The van der Waals surface area contributed by atoms with Crippen LogP contribution in [0.15, 0.2) is 39.2 Å². The van der Waals surface area contributed by atoms with Crippen molar-refractivity contribution >= 4 is 58.5 Å². The number of fused-ring (bicyclic) bond motifs is 1. The molecule has 0 radical (unpaired) electrons. The van der Waals surface area contributed by atoms with Crippen molar-refractivity contribution in [2.24, 2.45) is 15.9 Å². The van der Waals surface area contributed by atoms with Gasteiger partial charge in [0.15, 0.2) is 0 Å². The number of piperazine rings is 1. The molecule has 35 heavy (non-hydrogen) atoms. The standard InChI is InChI=1S/C22H25ClF3N5O2S2/c1-29(35(2)33)15-4-3-14(18(23)10-15)9-19(32)30-5-7-31(8-6-30)20-17-11-16(12-22(24,25)26)34-21(17)28-13-27-20/h3-4,10-11,13,17,21H,5-9,12H2,1-2H3. The number of hydrogen-bond acceptors (Lipinski definition) is 7. The number of amides is 1. The van der Waals surface area contributed by atoms with Gasteiger partial charge in [-0.2, -0.15) is 17.5 Å². The van der Waals surface area contributed by atoms with Gasteiger partial charge in [0.1, 0.15) is 23.8 Å². The van der Waals surface area contributed by atoms with Crippen LogP contribution in [0.2, 0.25) is 5.02 Å². The molecule has 4 rings (SSSR count). The molecule has 1 fully saturated rings. The summed E-state index contributed by atoms with van der Waals surface area (Å²) in [5.41, 5.74) is 1.40. The van der Waals surface area contributed by atoms with Crippen molar-refractivity contribution in [3.8, 4) is 0 Å². The summed E-state index contributed by atoms with van der Waals surface area (Å²) < 4.78 is 51.7. The molecule has 3 aliphatic rings. The molecule has 3 heterocycles. The van der Waals surface area contributed by atoms with Gasteiger partial charge in [-0.1, -0.05) is 23.7 Å². The van der Waals surface area contributed by atoms with Crippen molar-refractivity contribution in [3.63, 3.8) is 0 Å². The van der Waals surface area contributed by atoms with Crippen LogP contribution in [-0.2, 0) is 22.6 Å². The Hall–Kier alpha value is -1.89. The van der Waals surface area contributed by atoms with Crippen LogP contribution in [0.5, 0.6) is 0 Å². The van der Waals surface area contributed by atoms with Gasteiger partial charge in [0.05, 0.1) is 42.9 Å². The summed E-state index contributed by atoms with van der Waals surface area (Å²) in [7, 11) is 1.70. The van der Waals surface area contributed by atoms with Gasteiger partial charge in [-0.25, -0.2) is 4.99 Å². The first-order chi connectivity index (χ1) is 16.5. The van der Waals surface area contributed by atoms with E-state index in [0.717, 1.165) is 11.8 Å². The number of hydrogen-bond donors (Lipinski definition) is 0. The normalized spacial score (nSPS) is 23.1. The maximum absolute atomic E-state index is 12.9. The number of rotatable bonds is 5. The van der Waals surface area contributed by atoms with Gasteiger partial charge < -0.3 is 14.4 Å². The van der Waals surface area contributed by atoms with Gasteiger partial charge in [-0.3, -0.25) is 9.79 Å². The second-order valence-electron chi connectivity index (χ2n) is 8.45. The first-order valence-electron chi connectivity index (χ1n) is 10.9. The Morgan fingerprint density at radius 2 is 2.03 bits per heavy atom. The predicted molar refractivity (Wildman–Crippen MR) is 135 cm³/mol. The SMILES string of the molecule is CN(c1ccc(CC(=O)N2CCN(C3=NC=NC4SC(CC(F)(F)F)=CC34)CC2)c(Cl)c1)[S+](C)[O-]. The lowest BCUT2D eigenvalue weighted by atomic mass is 10.0. The lowest BCUT2D eigenvalue weighted by molar-refractivity contribution is -0.131. The van der Waals surface area contributed by atoms with E-state index in [9.17, 15) is 22.5 Å². The third-order valence-electron chi connectivity index (χ3n) is 6.11. The molecule has 0 saturated carbocycles. The van der Waals surface area contributed by atoms with Gasteiger partial charge in [0, 0.05) is 31.2 Å². The highest BCUT2D eigenvalue weighted by atomic mass is 35.5. The Morgan fingerprint density at radius 3 is 2.66 bits per heavy atom. The van der Waals surface area contributed by atoms with Gasteiger partial charge in [0.2, 0.25) is 5.91 Å². The van der Waals surface area contributed by atoms with Crippen molar-refractivity contribution in [1.82, 2.24) is 9.80 Å². The Labute approximate surface area is 214 Å². The molecule has 1 saturated heterocycles. The number of amidine groups is 1. The average Bonchev–Trinajstić information content (AvgIpc) is 3.20. The minimum Gasteiger partial charge on any atom is -0.593 e. The largest absolute Gasteiger partial charge is 0.593 e. The smallest absolute Gasteiger partial charge is 0.393 e. The number of nitrogens with zero attached hydrogens (tertiary/aromatic N) is 5. The summed E-state index contributed by atoms with van der Waals surface area (Å²) in [6.45, 7) is 2.03. The number of carbonyl (C=O) groups is 1. The quantitative estimate of drug-likeness (QED) is 0.525. The van der Waals surface area contributed by atoms with Gasteiger partial charge >= 0.3 is 6.18 Å². The molecule has 0 aromatic heterocycles. The van der Waals surface area contributed by atoms with Crippen LogP contribution in [0.3, 0.4) is 0 Å². The monoisotopic (exact) mass is 547 g/mol. The highest BCUT2D eigenvalue weighted by Crippen LogP contribution is 2.44. The number of anilines is 1. The molecule has 0 aliphatic carbocycles. The van der Waals surface area contributed by atoms with Crippen molar-refractivity contribution in [2.45, 2.75) is 24.4 Å². The molecule has 190 valence electrons. The highest BCUT2D eigenvalue weighted by molar-refractivity contribution is 8.04. The Kier molecular flexibility index (Phi) is 7.94. The molecule has 1 aromatic rings. The van der Waals surface area contributed by atoms with Crippen LogP contribution in [-0.4, -0.2) is 83.5 Å². The third kappa shape index (κ3) is 6.28. The van der Waals surface area contributed by atoms with Crippen molar-refractivity contribution < 1.29 is 22.5 Å². The number of thioether (sulfide) groups is 1. The minimum atomic E-state index is -4.26. The lowest BCUT2D eigenvalue weighted by Crippen LogP contribution is -2.53. The van der Waals surface area contributed by atoms with Crippen LogP contribution in [0.4, 0.5) is 18.9 Å². The fourth-order valence-corrected chi connectivity index (χ4v) is 6.09. The summed E-state index contributed by atoms with van der Waals surface area (Å²) in [5, 5.41) is 0.114. The van der Waals surface area contributed by atoms with E-state index in [-0.39, 0.29) is 28.5 Å². The summed E-state index contributed by atoms with van der Waals surface area (Å²) >= 11 is 6.34. The first kappa shape index (κ1) is 26.2. The van der Waals surface area contributed by atoms with E-state index in [4.69, 9.17) is 11.6 Å². The maximum Gasteiger partial charge on any atom is 0.393 e. The fourth-order valence-electron chi connectivity index (χ4n) is 4.19. The number of alkyl halides is 3. The van der Waals surface area contributed by atoms with Crippen molar-refractivity contribution in [1.29, 1.82) is 0 Å². The summed E-state index contributed by atoms with van der Waals surface area (Å²) in [5.74, 6) is 0.357. The van der Waals surface area contributed by atoms with E-state index in [0.29, 0.717) is 48.3 Å². The molecule has 3 unspecified atom stereocenters. The zero-order chi connectivity index (χ0) is 25.3. The molecular weight excluding hydrogens is 523 g/mol. The molecule has 1 aromatic carbocycles. The second-order valence-corrected chi connectivity index (χ2v) is 11.5. The fraction of sp³-hybridized carbons (Fsp3) is 0.500. The zero-order valence-electron chi connectivity index (χ0n) is 19.2. The molecule has 0 N–H and O–H groups in total. The number of carbonyl (C=O) groups excluding carboxylic acids is 1. The van der Waals surface area contributed by atoms with Crippen LogP contribution in [0.25, 0.3) is 0 Å². The van der Waals surface area contributed by atoms with Crippen LogP contribution >= 0.6 is 23.4 Å². The van der Waals surface area contributed by atoms with Gasteiger partial charge in [-0.05, 0) is 22.6 Å². The Morgan fingerprint density at radius 1 is 1.31 bits per heavy atom. The summed E-state index contributed by atoms with van der Waals surface area (Å²) in [6, 6.07) is 5.25. The number of halogens is 4. The van der Waals surface area contributed by atoms with Crippen LogP contribution < -0.4 is 4.31 Å². The molecule has 3 atom stereocenters. The third-order valence-corrected chi connectivity index (χ3v) is 8.68. The summed E-state index contributed by atoms with van der Waals surface area (Å²) in [6.07, 6.45) is -0.439. The topological polar surface area (TPSA) is 74.6 Å². The highest BCUT2D eigenvalue weighted by Gasteiger charge is 2.40. The lowest BCUT2D eigenvalue weighted by Gasteiger charge is -2.39. The van der Waals surface area contributed by atoms with E-state index >= 15 is 0 Å². The molecule has 0 bridgehead atoms. The van der Waals surface area contributed by atoms with Crippen molar-refractivity contribution in [3.05, 3.63) is 39.8 Å². The van der Waals surface area contributed by atoms with Crippen molar-refractivity contribution in [2.75, 3.05) is 43.8 Å². The summed E-state index contributed by atoms with van der Waals surface area (Å²) in [4.78, 5) is 25.6. The van der Waals surface area contributed by atoms with E-state index in [1.165, 1.54) is 6.34 Å². The average molecular weight is 548 g/mol. The molecule has 13 heteroatoms. The maximum atomic E-state index is 12.9. The number of aliphatic imine (C=N–C) groups is 2. The Balaban J connectivity index is 1.34. The second kappa shape index (κ2) is 10.6. The number of benzene rings is 1. The van der Waals surface area contributed by atoms with E-state index in [1.807, 2.05) is 4.90 Å². The molecule has 1 amide bonds. The van der Waals surface area contributed by atoms with E-state index in [2.05, 4.69) is 9.98 Å². The minimum absolute atomic E-state index is 0.0551. The Bertz CT molecular complexity index is 1060. The zero-order valence-corrected chi connectivity index (χ0v) is 21.6. The first-order valence-corrected chi connectivity index (χ1v) is 13.7. The molecule has 3 aliphatic heterocycles. The van der Waals surface area contributed by atoms with Crippen LogP contribution in [0.1, 0.15) is 12.0 Å². The predicted octanol–water partition coefficient (Wildman–Crippen LogP) is 3.72. The van der Waals surface area contributed by atoms with Gasteiger partial charge in [0.25, 0.3) is 0 Å². The molecule has 0 spiro atoms. The molecular formula is C22H25ClF3N5O2S2. The van der Waals surface area contributed by atoms with E-state index in [1.54, 1.807) is 46.8 Å². The number of allylic oxidation sites excluding steroid dienone is 1. The van der Waals surface area contributed by atoms with E-state index < -0.39 is 24.0 Å².